The number of hydrogen-bond donors (Lipinski definition) is 2. The number of allylic oxidation sites excluding steroid dienone is 1. The Hall–Kier alpha value is -3.32. The molecule has 0 saturated heterocycles. The highest BCUT2D eigenvalue weighted by Gasteiger charge is 2.37. The second kappa shape index (κ2) is 9.14. The summed E-state index contributed by atoms with van der Waals surface area (Å²) in [5, 5.41) is 6.91. The minimum Gasteiger partial charge on any atom is -0.493 e. The van der Waals surface area contributed by atoms with Gasteiger partial charge >= 0.3 is 0 Å². The topological polar surface area (TPSA) is 59.6 Å². The third-order valence-corrected chi connectivity index (χ3v) is 6.95. The van der Waals surface area contributed by atoms with Gasteiger partial charge in [0.05, 0.1) is 31.6 Å². The Balaban J connectivity index is 1.61. The molecule has 1 aliphatic carbocycles. The number of carbonyl (C=O) groups excluding carboxylic acids is 1. The number of benzene rings is 3. The second-order valence-electron chi connectivity index (χ2n) is 8.45. The van der Waals surface area contributed by atoms with E-state index in [0.29, 0.717) is 35.5 Å². The van der Waals surface area contributed by atoms with E-state index in [1.807, 2.05) is 42.5 Å². The summed E-state index contributed by atoms with van der Waals surface area (Å²) in [4.78, 5) is 13.6. The molecule has 2 N–H and O–H groups in total. The molecule has 0 fully saturated rings. The van der Waals surface area contributed by atoms with Crippen molar-refractivity contribution in [1.29, 1.82) is 0 Å². The van der Waals surface area contributed by atoms with Gasteiger partial charge in [-0.05, 0) is 60.4 Å². The van der Waals surface area contributed by atoms with Crippen molar-refractivity contribution in [1.82, 2.24) is 0 Å². The Labute approximate surface area is 206 Å². The van der Waals surface area contributed by atoms with Crippen molar-refractivity contribution in [2.75, 3.05) is 24.9 Å². The number of ether oxygens (including phenoxy) is 2. The Morgan fingerprint density at radius 1 is 0.941 bits per heavy atom. The fraction of sp³-hybridized carbons (Fsp3) is 0.222. The van der Waals surface area contributed by atoms with E-state index in [1.54, 1.807) is 26.4 Å². The standard InChI is InChI=1S/C27H24BrFN2O3/c1-33-24-10-7-15(13-25(24)34-2)16-11-22-26(23(32)12-16)27(18-14-17(28)8-9-19(18)29)31-21-6-4-3-5-20(21)30-22/h3-10,13-14,16,27,30-31H,11-12H2,1-2H3. The van der Waals surface area contributed by atoms with Crippen LogP contribution in [0, 0.1) is 5.82 Å². The normalized spacial score (nSPS) is 19.4. The van der Waals surface area contributed by atoms with Gasteiger partial charge in [-0.3, -0.25) is 4.79 Å². The fourth-order valence-electron chi connectivity index (χ4n) is 4.80. The van der Waals surface area contributed by atoms with E-state index in [-0.39, 0.29) is 17.5 Å². The van der Waals surface area contributed by atoms with E-state index in [2.05, 4.69) is 26.6 Å². The zero-order chi connectivity index (χ0) is 23.8. The maximum absolute atomic E-state index is 15.0. The molecule has 0 saturated carbocycles. The zero-order valence-corrected chi connectivity index (χ0v) is 20.4. The molecule has 0 aromatic heterocycles. The molecule has 2 aliphatic rings. The number of fused-ring (bicyclic) bond motifs is 1. The second-order valence-corrected chi connectivity index (χ2v) is 9.36. The van der Waals surface area contributed by atoms with Crippen molar-refractivity contribution in [3.63, 3.8) is 0 Å². The summed E-state index contributed by atoms with van der Waals surface area (Å²) < 4.78 is 26.6. The quantitative estimate of drug-likeness (QED) is 0.405. The summed E-state index contributed by atoms with van der Waals surface area (Å²) in [5.41, 5.74) is 4.47. The monoisotopic (exact) mass is 522 g/mol. The SMILES string of the molecule is COc1ccc(C2CC(=O)C3=C(C2)Nc2ccccc2NC3c2cc(Br)ccc2F)cc1OC. The average Bonchev–Trinajstić information content (AvgIpc) is 3.01. The fourth-order valence-corrected chi connectivity index (χ4v) is 5.18. The van der Waals surface area contributed by atoms with Crippen LogP contribution in [0.3, 0.4) is 0 Å². The maximum Gasteiger partial charge on any atom is 0.163 e. The maximum atomic E-state index is 15.0. The minimum absolute atomic E-state index is 0.0155. The lowest BCUT2D eigenvalue weighted by Crippen LogP contribution is -2.27. The molecular formula is C27H24BrFN2O3. The van der Waals surface area contributed by atoms with E-state index in [1.165, 1.54) is 6.07 Å². The van der Waals surface area contributed by atoms with Crippen LogP contribution in [-0.4, -0.2) is 20.0 Å². The van der Waals surface area contributed by atoms with Crippen LogP contribution in [0.25, 0.3) is 0 Å². The molecule has 2 atom stereocenters. The molecule has 174 valence electrons. The van der Waals surface area contributed by atoms with Gasteiger partial charge in [0.25, 0.3) is 0 Å². The van der Waals surface area contributed by atoms with Crippen LogP contribution < -0.4 is 20.1 Å². The lowest BCUT2D eigenvalue weighted by molar-refractivity contribution is -0.116. The molecule has 5 nitrogen and oxygen atoms in total. The first kappa shape index (κ1) is 22.5. The highest BCUT2D eigenvalue weighted by atomic mass is 79.9. The number of halogens is 2. The van der Waals surface area contributed by atoms with E-state index >= 15 is 4.39 Å². The number of methoxy groups -OCH3 is 2. The molecule has 3 aromatic carbocycles. The summed E-state index contributed by atoms with van der Waals surface area (Å²) in [6.07, 6.45) is 0.929. The molecule has 3 aromatic rings. The van der Waals surface area contributed by atoms with Crippen molar-refractivity contribution in [3.05, 3.63) is 93.4 Å². The zero-order valence-electron chi connectivity index (χ0n) is 18.8. The smallest absolute Gasteiger partial charge is 0.163 e. The Morgan fingerprint density at radius 3 is 2.47 bits per heavy atom. The van der Waals surface area contributed by atoms with Gasteiger partial charge in [-0.1, -0.05) is 34.1 Å². The molecule has 0 radical (unpaired) electrons. The van der Waals surface area contributed by atoms with Crippen LogP contribution in [0.15, 0.2) is 76.4 Å². The summed E-state index contributed by atoms with van der Waals surface area (Å²) in [6.45, 7) is 0. The molecule has 0 amide bonds. The Bertz CT molecular complexity index is 1310. The van der Waals surface area contributed by atoms with Gasteiger partial charge < -0.3 is 20.1 Å². The molecule has 5 rings (SSSR count). The summed E-state index contributed by atoms with van der Waals surface area (Å²) in [6, 6.07) is 17.7. The predicted molar refractivity (Wildman–Crippen MR) is 134 cm³/mol. The van der Waals surface area contributed by atoms with E-state index in [4.69, 9.17) is 9.47 Å². The summed E-state index contributed by atoms with van der Waals surface area (Å²) in [5.74, 6) is 0.850. The molecule has 1 heterocycles. The van der Waals surface area contributed by atoms with Crippen molar-refractivity contribution in [2.45, 2.75) is 24.8 Å². The van der Waals surface area contributed by atoms with Crippen LogP contribution in [0.1, 0.15) is 35.9 Å². The molecule has 2 unspecified atom stereocenters. The first-order valence-corrected chi connectivity index (χ1v) is 11.8. The number of Topliss-reactive ketones (excluding diaryl/α,β-unsaturated/α-hetero) is 1. The van der Waals surface area contributed by atoms with Crippen molar-refractivity contribution >= 4 is 33.1 Å². The van der Waals surface area contributed by atoms with E-state index in [0.717, 1.165) is 27.1 Å². The van der Waals surface area contributed by atoms with Crippen LogP contribution in [-0.2, 0) is 4.79 Å². The number of ketones is 1. The lowest BCUT2D eigenvalue weighted by atomic mass is 9.78. The van der Waals surface area contributed by atoms with Crippen LogP contribution in [0.2, 0.25) is 0 Å². The number of carbonyl (C=O) groups is 1. The molecule has 0 spiro atoms. The van der Waals surface area contributed by atoms with Gasteiger partial charge in [-0.2, -0.15) is 0 Å². The summed E-state index contributed by atoms with van der Waals surface area (Å²) in [7, 11) is 3.20. The van der Waals surface area contributed by atoms with Crippen molar-refractivity contribution in [3.8, 4) is 11.5 Å². The molecule has 7 heteroatoms. The van der Waals surface area contributed by atoms with Crippen molar-refractivity contribution in [2.24, 2.45) is 0 Å². The van der Waals surface area contributed by atoms with Gasteiger partial charge in [0.2, 0.25) is 0 Å². The first-order valence-electron chi connectivity index (χ1n) is 11.0. The van der Waals surface area contributed by atoms with Gasteiger partial charge in [0, 0.05) is 27.7 Å². The molecular weight excluding hydrogens is 499 g/mol. The molecule has 34 heavy (non-hydrogen) atoms. The highest BCUT2D eigenvalue weighted by molar-refractivity contribution is 9.10. The van der Waals surface area contributed by atoms with Crippen molar-refractivity contribution < 1.29 is 18.7 Å². The van der Waals surface area contributed by atoms with E-state index in [9.17, 15) is 4.79 Å². The Morgan fingerprint density at radius 2 is 1.71 bits per heavy atom. The number of rotatable bonds is 4. The predicted octanol–water partition coefficient (Wildman–Crippen LogP) is 6.58. The third-order valence-electron chi connectivity index (χ3n) is 6.46. The largest absolute Gasteiger partial charge is 0.493 e. The number of para-hydroxylation sites is 2. The summed E-state index contributed by atoms with van der Waals surface area (Å²) >= 11 is 3.45. The van der Waals surface area contributed by atoms with Gasteiger partial charge in [0.1, 0.15) is 5.82 Å². The van der Waals surface area contributed by atoms with Crippen LogP contribution >= 0.6 is 15.9 Å². The number of hydrogen-bond acceptors (Lipinski definition) is 5. The molecule has 1 aliphatic heterocycles. The van der Waals surface area contributed by atoms with Crippen LogP contribution in [0.4, 0.5) is 15.8 Å². The first-order chi connectivity index (χ1) is 16.5. The van der Waals surface area contributed by atoms with E-state index < -0.39 is 6.04 Å². The van der Waals surface area contributed by atoms with Gasteiger partial charge in [-0.15, -0.1) is 0 Å². The highest BCUT2D eigenvalue weighted by Crippen LogP contribution is 2.45. The minimum atomic E-state index is -0.609. The molecule has 0 bridgehead atoms. The number of anilines is 2. The average molecular weight is 523 g/mol. The Kier molecular flexibility index (Phi) is 6.04. The number of nitrogens with one attached hydrogen (secondary N) is 2. The lowest BCUT2D eigenvalue weighted by Gasteiger charge is -2.30. The van der Waals surface area contributed by atoms with Gasteiger partial charge in [0.15, 0.2) is 17.3 Å². The third kappa shape index (κ3) is 4.05. The van der Waals surface area contributed by atoms with Crippen LogP contribution in [0.5, 0.6) is 11.5 Å². The van der Waals surface area contributed by atoms with Gasteiger partial charge in [-0.25, -0.2) is 4.39 Å².